The normalized spacial score (nSPS) is 11.5. The second-order valence-corrected chi connectivity index (χ2v) is 5.08. The number of aliphatic hydroxyl groups excluding tert-OH is 3. The van der Waals surface area contributed by atoms with Crippen LogP contribution in [-0.4, -0.2) is 46.6 Å². The van der Waals surface area contributed by atoms with Gasteiger partial charge in [-0.15, -0.1) is 11.3 Å². The average molecular weight is 310 g/mol. The summed E-state index contributed by atoms with van der Waals surface area (Å²) in [4.78, 5) is 12.2. The van der Waals surface area contributed by atoms with Crippen molar-refractivity contribution in [3.8, 4) is 0 Å². The fraction of sp³-hybridized carbons (Fsp3) is 0.444. The summed E-state index contributed by atoms with van der Waals surface area (Å²) in [6.07, 6.45) is 0. The Balaban J connectivity index is 2.81. The van der Waals surface area contributed by atoms with Crippen LogP contribution in [0.2, 0.25) is 0 Å². The van der Waals surface area contributed by atoms with Crippen molar-refractivity contribution >= 4 is 33.2 Å². The molecule has 0 atom stereocenters. The number of carbonyl (C=O) groups excluding carboxylic acids is 1. The number of thiophene rings is 1. The molecule has 0 saturated heterocycles. The highest BCUT2D eigenvalue weighted by Gasteiger charge is 2.31. The van der Waals surface area contributed by atoms with Crippen LogP contribution >= 0.6 is 27.3 Å². The van der Waals surface area contributed by atoms with Crippen LogP contribution < -0.4 is 5.32 Å². The van der Waals surface area contributed by atoms with Gasteiger partial charge in [0.15, 0.2) is 0 Å². The summed E-state index contributed by atoms with van der Waals surface area (Å²) in [5.74, 6) is -0.445. The topological polar surface area (TPSA) is 89.8 Å². The maximum Gasteiger partial charge on any atom is 0.263 e. The van der Waals surface area contributed by atoms with Crippen LogP contribution in [0.5, 0.6) is 0 Å². The molecule has 7 heteroatoms. The number of hydrogen-bond donors (Lipinski definition) is 4. The Bertz CT molecular complexity index is 356. The first-order valence-corrected chi connectivity index (χ1v) is 6.14. The fourth-order valence-corrected chi connectivity index (χ4v) is 2.47. The fourth-order valence-electron chi connectivity index (χ4n) is 1.02. The molecule has 5 nitrogen and oxygen atoms in total. The van der Waals surface area contributed by atoms with Gasteiger partial charge in [-0.25, -0.2) is 0 Å². The molecule has 0 aliphatic heterocycles. The summed E-state index contributed by atoms with van der Waals surface area (Å²) in [7, 11) is 0. The standard InChI is InChI=1S/C9H12BrNO4S/c10-6-1-2-16-7(6)8(15)11-9(3-12,4-13)5-14/h1-2,12-14H,3-5H2,(H,11,15). The van der Waals surface area contributed by atoms with Crippen molar-refractivity contribution < 1.29 is 20.1 Å². The van der Waals surface area contributed by atoms with Crippen molar-refractivity contribution in [3.05, 3.63) is 20.8 Å². The zero-order valence-corrected chi connectivity index (χ0v) is 10.7. The zero-order chi connectivity index (χ0) is 12.2. The van der Waals surface area contributed by atoms with Gasteiger partial charge in [-0.05, 0) is 27.4 Å². The van der Waals surface area contributed by atoms with Crippen molar-refractivity contribution in [2.75, 3.05) is 19.8 Å². The SMILES string of the molecule is O=C(NC(CO)(CO)CO)c1sccc1Br. The lowest BCUT2D eigenvalue weighted by Gasteiger charge is -2.28. The molecule has 1 amide bonds. The lowest BCUT2D eigenvalue weighted by molar-refractivity contribution is 0.0377. The van der Waals surface area contributed by atoms with Crippen LogP contribution in [0, 0.1) is 0 Å². The van der Waals surface area contributed by atoms with E-state index in [1.807, 2.05) is 0 Å². The molecule has 0 unspecified atom stereocenters. The second-order valence-electron chi connectivity index (χ2n) is 3.31. The first kappa shape index (κ1) is 13.6. The third-order valence-corrected chi connectivity index (χ3v) is 3.95. The number of carbonyl (C=O) groups is 1. The molecule has 1 heterocycles. The summed E-state index contributed by atoms with van der Waals surface area (Å²) in [5.41, 5.74) is -1.39. The molecule has 4 N–H and O–H groups in total. The molecule has 1 rings (SSSR count). The first-order valence-electron chi connectivity index (χ1n) is 4.46. The maximum atomic E-state index is 11.8. The minimum absolute atomic E-state index is 0.430. The van der Waals surface area contributed by atoms with Crippen molar-refractivity contribution in [1.29, 1.82) is 0 Å². The Labute approximate surface area is 105 Å². The minimum Gasteiger partial charge on any atom is -0.394 e. The maximum absolute atomic E-state index is 11.8. The van der Waals surface area contributed by atoms with Crippen LogP contribution in [0.3, 0.4) is 0 Å². The predicted octanol–water partition coefficient (Wildman–Crippen LogP) is -0.0439. The van der Waals surface area contributed by atoms with Crippen LogP contribution in [0.1, 0.15) is 9.67 Å². The summed E-state index contributed by atoms with van der Waals surface area (Å²) in [6, 6.07) is 1.72. The molecule has 0 saturated carbocycles. The van der Waals surface area contributed by atoms with E-state index in [0.29, 0.717) is 9.35 Å². The van der Waals surface area contributed by atoms with E-state index in [1.54, 1.807) is 11.4 Å². The molecule has 0 fully saturated rings. The first-order chi connectivity index (χ1) is 7.58. The zero-order valence-electron chi connectivity index (χ0n) is 8.31. The van der Waals surface area contributed by atoms with E-state index in [2.05, 4.69) is 21.2 Å². The Morgan fingerprint density at radius 3 is 2.31 bits per heavy atom. The van der Waals surface area contributed by atoms with Crippen LogP contribution in [0.15, 0.2) is 15.9 Å². The smallest absolute Gasteiger partial charge is 0.263 e. The van der Waals surface area contributed by atoms with Crippen molar-refractivity contribution in [2.24, 2.45) is 0 Å². The van der Waals surface area contributed by atoms with Gasteiger partial charge in [0.1, 0.15) is 10.4 Å². The number of rotatable bonds is 5. The highest BCUT2D eigenvalue weighted by atomic mass is 79.9. The highest BCUT2D eigenvalue weighted by Crippen LogP contribution is 2.23. The number of nitrogens with one attached hydrogen (secondary N) is 1. The summed E-state index contributed by atoms with van der Waals surface area (Å²) in [5, 5.41) is 31.3. The second kappa shape index (κ2) is 5.74. The molecule has 0 aromatic carbocycles. The molecule has 1 aromatic heterocycles. The van der Waals surface area contributed by atoms with Crippen LogP contribution in [0.4, 0.5) is 0 Å². The monoisotopic (exact) mass is 309 g/mol. The molecule has 90 valence electrons. The molecular weight excluding hydrogens is 298 g/mol. The Morgan fingerprint density at radius 1 is 1.38 bits per heavy atom. The summed E-state index contributed by atoms with van der Waals surface area (Å²) < 4.78 is 0.637. The van der Waals surface area contributed by atoms with Crippen molar-refractivity contribution in [2.45, 2.75) is 5.54 Å². The summed E-state index contributed by atoms with van der Waals surface area (Å²) >= 11 is 4.43. The molecule has 0 spiro atoms. The van der Waals surface area contributed by atoms with E-state index in [0.717, 1.165) is 0 Å². The molecule has 0 aliphatic rings. The number of halogens is 1. The van der Waals surface area contributed by atoms with Gasteiger partial charge in [-0.2, -0.15) is 0 Å². The lowest BCUT2D eigenvalue weighted by Crippen LogP contribution is -2.56. The van der Waals surface area contributed by atoms with Gasteiger partial charge in [-0.1, -0.05) is 0 Å². The highest BCUT2D eigenvalue weighted by molar-refractivity contribution is 9.10. The third kappa shape index (κ3) is 2.80. The molecule has 0 aliphatic carbocycles. The number of aliphatic hydroxyl groups is 3. The average Bonchev–Trinajstić information content (AvgIpc) is 2.72. The van der Waals surface area contributed by atoms with Gasteiger partial charge in [-0.3, -0.25) is 4.79 Å². The molecule has 0 radical (unpaired) electrons. The molecule has 16 heavy (non-hydrogen) atoms. The molecule has 0 bridgehead atoms. The lowest BCUT2D eigenvalue weighted by atomic mass is 10.0. The molecular formula is C9H12BrNO4S. The van der Waals surface area contributed by atoms with Crippen LogP contribution in [-0.2, 0) is 0 Å². The van der Waals surface area contributed by atoms with E-state index in [-0.39, 0.29) is 0 Å². The molecule has 1 aromatic rings. The summed E-state index contributed by atoms with van der Waals surface area (Å²) in [6.45, 7) is -1.60. The predicted molar refractivity (Wildman–Crippen MR) is 63.5 cm³/mol. The minimum atomic E-state index is -1.39. The Hall–Kier alpha value is -0.470. The van der Waals surface area contributed by atoms with Gasteiger partial charge in [0, 0.05) is 4.47 Å². The van der Waals surface area contributed by atoms with Crippen molar-refractivity contribution in [1.82, 2.24) is 5.32 Å². The van der Waals surface area contributed by atoms with Gasteiger partial charge >= 0.3 is 0 Å². The van der Waals surface area contributed by atoms with Gasteiger partial charge in [0.05, 0.1) is 19.8 Å². The third-order valence-electron chi connectivity index (χ3n) is 2.11. The van der Waals surface area contributed by atoms with Gasteiger partial charge in [0.25, 0.3) is 5.91 Å². The van der Waals surface area contributed by atoms with Gasteiger partial charge < -0.3 is 20.6 Å². The van der Waals surface area contributed by atoms with Crippen molar-refractivity contribution in [3.63, 3.8) is 0 Å². The van der Waals surface area contributed by atoms with Crippen LogP contribution in [0.25, 0.3) is 0 Å². The number of amides is 1. The van der Waals surface area contributed by atoms with E-state index in [4.69, 9.17) is 15.3 Å². The Kier molecular flexibility index (Phi) is 4.88. The van der Waals surface area contributed by atoms with E-state index >= 15 is 0 Å². The van der Waals surface area contributed by atoms with E-state index in [1.165, 1.54) is 11.3 Å². The quantitative estimate of drug-likeness (QED) is 0.614. The van der Waals surface area contributed by atoms with E-state index in [9.17, 15) is 4.79 Å². The van der Waals surface area contributed by atoms with Gasteiger partial charge in [0.2, 0.25) is 0 Å². The Morgan fingerprint density at radius 2 is 1.94 bits per heavy atom. The number of hydrogen-bond acceptors (Lipinski definition) is 5. The largest absolute Gasteiger partial charge is 0.394 e. The van der Waals surface area contributed by atoms with E-state index < -0.39 is 31.3 Å².